The van der Waals surface area contributed by atoms with Gasteiger partial charge in [0, 0.05) is 19.2 Å². The van der Waals surface area contributed by atoms with Crippen molar-refractivity contribution >= 4 is 15.9 Å². The number of hydrogen-bond acceptors (Lipinski definition) is 3. The number of sulfonamides is 1. The largest absolute Gasteiger partial charge is 0.338 e. The first-order valence-electron chi connectivity index (χ1n) is 7.44. The Balaban J connectivity index is 1.65. The number of allylic oxidation sites excluding steroid dienone is 1. The summed E-state index contributed by atoms with van der Waals surface area (Å²) in [6.45, 7) is 0.866. The molecule has 0 aromatic rings. The van der Waals surface area contributed by atoms with Crippen LogP contribution in [0.3, 0.4) is 0 Å². The van der Waals surface area contributed by atoms with Gasteiger partial charge in [0.2, 0.25) is 15.9 Å². The van der Waals surface area contributed by atoms with Crippen LogP contribution in [0.25, 0.3) is 0 Å². The summed E-state index contributed by atoms with van der Waals surface area (Å²) in [6, 6.07) is 0. The van der Waals surface area contributed by atoms with Crippen LogP contribution < -0.4 is 4.72 Å². The van der Waals surface area contributed by atoms with Crippen LogP contribution in [0.2, 0.25) is 0 Å². The van der Waals surface area contributed by atoms with Crippen molar-refractivity contribution in [1.29, 1.82) is 0 Å². The molecule has 1 unspecified atom stereocenters. The molecule has 1 heterocycles. The Kier molecular flexibility index (Phi) is 3.62. The number of likely N-dealkylation sites (tertiary alicyclic amines) is 1. The second-order valence-corrected chi connectivity index (χ2v) is 8.30. The molecule has 6 heteroatoms. The summed E-state index contributed by atoms with van der Waals surface area (Å²) in [5.74, 6) is 1.27. The lowest BCUT2D eigenvalue weighted by molar-refractivity contribution is -0.125. The van der Waals surface area contributed by atoms with Gasteiger partial charge < -0.3 is 4.90 Å². The van der Waals surface area contributed by atoms with E-state index in [1.165, 1.54) is 38.3 Å². The number of carbonyl (C=O) groups is 1. The maximum absolute atomic E-state index is 12.3. The van der Waals surface area contributed by atoms with Crippen LogP contribution >= 0.6 is 0 Å². The highest BCUT2D eigenvalue weighted by molar-refractivity contribution is 7.90. The number of amides is 1. The van der Waals surface area contributed by atoms with E-state index in [1.54, 1.807) is 4.90 Å². The molecule has 112 valence electrons. The van der Waals surface area contributed by atoms with Crippen LogP contribution in [0.15, 0.2) is 11.6 Å². The average Bonchev–Trinajstić information content (AvgIpc) is 3.34. The molecule has 20 heavy (non-hydrogen) atoms. The third-order valence-corrected chi connectivity index (χ3v) is 6.40. The Bertz CT molecular complexity index is 519. The zero-order valence-corrected chi connectivity index (χ0v) is 12.7. The Morgan fingerprint density at radius 3 is 2.25 bits per heavy atom. The van der Waals surface area contributed by atoms with Gasteiger partial charge in [0.1, 0.15) is 0 Å². The van der Waals surface area contributed by atoms with Gasteiger partial charge in [0.15, 0.2) is 0 Å². The van der Waals surface area contributed by atoms with E-state index in [9.17, 15) is 13.2 Å². The first-order valence-corrected chi connectivity index (χ1v) is 8.98. The predicted molar refractivity (Wildman–Crippen MR) is 76.5 cm³/mol. The van der Waals surface area contributed by atoms with Crippen LogP contribution in [0.1, 0.15) is 32.1 Å². The lowest BCUT2D eigenvalue weighted by Crippen LogP contribution is -2.35. The van der Waals surface area contributed by atoms with E-state index in [2.05, 4.69) is 4.72 Å². The lowest BCUT2D eigenvalue weighted by atomic mass is 10.1. The fourth-order valence-electron chi connectivity index (χ4n) is 2.98. The maximum Gasteiger partial charge on any atom is 0.246 e. The number of rotatable bonds is 5. The topological polar surface area (TPSA) is 66.5 Å². The van der Waals surface area contributed by atoms with Crippen molar-refractivity contribution < 1.29 is 13.2 Å². The Morgan fingerprint density at radius 1 is 1.15 bits per heavy atom. The molecule has 0 radical (unpaired) electrons. The standard InChI is InChI=1S/C14H22N2O3S/c1-15-20(18,19)12-6-7-16(9-12)14(17)8-13(10-2-3-10)11-4-5-11/h8,10-12,15H,2-7,9H2,1H3. The lowest BCUT2D eigenvalue weighted by Gasteiger charge is -2.15. The van der Waals surface area contributed by atoms with Crippen LogP contribution in [-0.4, -0.2) is 44.6 Å². The highest BCUT2D eigenvalue weighted by atomic mass is 32.2. The molecule has 2 saturated carbocycles. The predicted octanol–water partition coefficient (Wildman–Crippen LogP) is 0.883. The monoisotopic (exact) mass is 298 g/mol. The summed E-state index contributed by atoms with van der Waals surface area (Å²) >= 11 is 0. The third-order valence-electron chi connectivity index (χ3n) is 4.57. The molecule has 1 aliphatic heterocycles. The van der Waals surface area contributed by atoms with Crippen molar-refractivity contribution in [1.82, 2.24) is 9.62 Å². The number of hydrogen-bond donors (Lipinski definition) is 1. The quantitative estimate of drug-likeness (QED) is 0.766. The van der Waals surface area contributed by atoms with E-state index >= 15 is 0 Å². The normalized spacial score (nSPS) is 26.6. The molecule has 2 aliphatic carbocycles. The van der Waals surface area contributed by atoms with Crippen molar-refractivity contribution in [2.24, 2.45) is 11.8 Å². The Morgan fingerprint density at radius 2 is 1.75 bits per heavy atom. The van der Waals surface area contributed by atoms with Crippen molar-refractivity contribution in [2.45, 2.75) is 37.4 Å². The summed E-state index contributed by atoms with van der Waals surface area (Å²) in [4.78, 5) is 14.0. The molecular weight excluding hydrogens is 276 g/mol. The molecule has 1 saturated heterocycles. The highest BCUT2D eigenvalue weighted by Crippen LogP contribution is 2.48. The minimum absolute atomic E-state index is 0.00704. The molecule has 1 amide bonds. The summed E-state index contributed by atoms with van der Waals surface area (Å²) in [5.41, 5.74) is 1.33. The highest BCUT2D eigenvalue weighted by Gasteiger charge is 2.38. The van der Waals surface area contributed by atoms with Gasteiger partial charge in [-0.2, -0.15) is 0 Å². The Labute approximate surface area is 120 Å². The number of nitrogens with zero attached hydrogens (tertiary/aromatic N) is 1. The molecule has 0 aromatic heterocycles. The van der Waals surface area contributed by atoms with Crippen LogP contribution in [-0.2, 0) is 14.8 Å². The third kappa shape index (κ3) is 2.91. The summed E-state index contributed by atoms with van der Waals surface area (Å²) < 4.78 is 25.9. The van der Waals surface area contributed by atoms with E-state index in [0.29, 0.717) is 31.3 Å². The molecule has 3 fully saturated rings. The van der Waals surface area contributed by atoms with Crippen molar-refractivity contribution in [2.75, 3.05) is 20.1 Å². The Hall–Kier alpha value is -0.880. The molecule has 3 aliphatic rings. The van der Waals surface area contributed by atoms with Crippen LogP contribution in [0.5, 0.6) is 0 Å². The van der Waals surface area contributed by atoms with Gasteiger partial charge in [-0.05, 0) is 51.0 Å². The summed E-state index contributed by atoms with van der Waals surface area (Å²) in [7, 11) is -1.84. The zero-order chi connectivity index (χ0) is 14.3. The first kappa shape index (κ1) is 14.1. The molecule has 1 atom stereocenters. The minimum atomic E-state index is -3.27. The van der Waals surface area contributed by atoms with Crippen LogP contribution in [0.4, 0.5) is 0 Å². The van der Waals surface area contributed by atoms with E-state index in [-0.39, 0.29) is 5.91 Å². The fraction of sp³-hybridized carbons (Fsp3) is 0.786. The molecule has 0 spiro atoms. The van der Waals surface area contributed by atoms with Crippen molar-refractivity contribution in [3.63, 3.8) is 0 Å². The smallest absolute Gasteiger partial charge is 0.246 e. The first-order chi connectivity index (χ1) is 9.51. The van der Waals surface area contributed by atoms with Gasteiger partial charge in [-0.3, -0.25) is 4.79 Å². The molecular formula is C14H22N2O3S. The molecule has 0 aromatic carbocycles. The van der Waals surface area contributed by atoms with Gasteiger partial charge in [-0.1, -0.05) is 5.57 Å². The summed E-state index contributed by atoms with van der Waals surface area (Å²) in [6.07, 6.45) is 7.20. The van der Waals surface area contributed by atoms with Gasteiger partial charge >= 0.3 is 0 Å². The maximum atomic E-state index is 12.3. The summed E-state index contributed by atoms with van der Waals surface area (Å²) in [5, 5.41) is -0.463. The molecule has 5 nitrogen and oxygen atoms in total. The van der Waals surface area contributed by atoms with E-state index in [1.807, 2.05) is 6.08 Å². The fourth-order valence-corrected chi connectivity index (χ4v) is 4.11. The SMILES string of the molecule is CNS(=O)(=O)C1CCN(C(=O)C=C(C2CC2)C2CC2)C1. The number of carbonyl (C=O) groups excluding carboxylic acids is 1. The second-order valence-electron chi connectivity index (χ2n) is 6.14. The van der Waals surface area contributed by atoms with Crippen molar-refractivity contribution in [3.05, 3.63) is 11.6 Å². The van der Waals surface area contributed by atoms with Gasteiger partial charge in [0.25, 0.3) is 0 Å². The molecule has 0 bridgehead atoms. The minimum Gasteiger partial charge on any atom is -0.338 e. The van der Waals surface area contributed by atoms with E-state index < -0.39 is 15.3 Å². The van der Waals surface area contributed by atoms with Crippen LogP contribution in [0, 0.1) is 11.8 Å². The van der Waals surface area contributed by atoms with Gasteiger partial charge in [-0.25, -0.2) is 13.1 Å². The molecule has 3 rings (SSSR count). The van der Waals surface area contributed by atoms with Crippen molar-refractivity contribution in [3.8, 4) is 0 Å². The van der Waals surface area contributed by atoms with Gasteiger partial charge in [-0.15, -0.1) is 0 Å². The zero-order valence-electron chi connectivity index (χ0n) is 11.8. The average molecular weight is 298 g/mol. The molecule has 1 N–H and O–H groups in total. The van der Waals surface area contributed by atoms with E-state index in [4.69, 9.17) is 0 Å². The van der Waals surface area contributed by atoms with E-state index in [0.717, 1.165) is 0 Å². The second kappa shape index (κ2) is 5.15. The van der Waals surface area contributed by atoms with Gasteiger partial charge in [0.05, 0.1) is 5.25 Å². The number of nitrogens with one attached hydrogen (secondary N) is 1.